The van der Waals surface area contributed by atoms with E-state index in [0.717, 1.165) is 60.5 Å². The Morgan fingerprint density at radius 1 is 1.04 bits per heavy atom. The molecule has 4 rings (SSSR count). The molecule has 1 atom stereocenters. The van der Waals surface area contributed by atoms with Crippen LogP contribution in [0, 0.1) is 6.92 Å². The Morgan fingerprint density at radius 3 is 2.62 bits per heavy atom. The molecule has 2 aromatic heterocycles. The monoisotopic (exact) mass is 349 g/mol. The van der Waals surface area contributed by atoms with E-state index in [-0.39, 0.29) is 6.04 Å². The third kappa shape index (κ3) is 3.43. The highest BCUT2D eigenvalue weighted by atomic mass is 15.2. The molecule has 1 aliphatic heterocycles. The smallest absolute Gasteiger partial charge is 0.172 e. The lowest BCUT2D eigenvalue weighted by Gasteiger charge is -2.17. The third-order valence-electron chi connectivity index (χ3n) is 4.57. The number of hydrogen-bond donors (Lipinski definition) is 3. The van der Waals surface area contributed by atoms with Crippen LogP contribution in [0.5, 0.6) is 0 Å². The van der Waals surface area contributed by atoms with Crippen molar-refractivity contribution in [2.75, 3.05) is 18.4 Å². The number of aromatic amines is 1. The van der Waals surface area contributed by atoms with Gasteiger partial charge in [-0.15, -0.1) is 0 Å². The molecule has 0 radical (unpaired) electrons. The molecule has 0 bridgehead atoms. The molecule has 1 aromatic carbocycles. The molecule has 3 N–H and O–H groups in total. The maximum absolute atomic E-state index is 4.86. The molecule has 1 aliphatic rings. The van der Waals surface area contributed by atoms with Gasteiger partial charge in [0.1, 0.15) is 11.6 Å². The van der Waals surface area contributed by atoms with E-state index < -0.39 is 0 Å². The molecule has 0 unspecified atom stereocenters. The number of aromatic nitrogens is 5. The van der Waals surface area contributed by atoms with Crippen LogP contribution in [0.1, 0.15) is 35.9 Å². The summed E-state index contributed by atoms with van der Waals surface area (Å²) in [6, 6.07) is 10.1. The van der Waals surface area contributed by atoms with Crippen molar-refractivity contribution in [2.24, 2.45) is 0 Å². The summed E-state index contributed by atoms with van der Waals surface area (Å²) in [5, 5.41) is 14.1. The molecule has 0 spiro atoms. The fourth-order valence-corrected chi connectivity index (χ4v) is 3.20. The van der Waals surface area contributed by atoms with Crippen molar-refractivity contribution in [1.29, 1.82) is 0 Å². The maximum atomic E-state index is 4.86. The topological polar surface area (TPSA) is 91.4 Å². The van der Waals surface area contributed by atoms with E-state index in [9.17, 15) is 0 Å². The summed E-state index contributed by atoms with van der Waals surface area (Å²) in [5.41, 5.74) is 3.33. The molecule has 0 saturated carbocycles. The average molecular weight is 349 g/mol. The van der Waals surface area contributed by atoms with Gasteiger partial charge in [-0.05, 0) is 26.8 Å². The number of aryl methyl sites for hydroxylation is 1. The molecule has 26 heavy (non-hydrogen) atoms. The molecular weight excluding hydrogens is 326 g/mol. The van der Waals surface area contributed by atoms with Crippen LogP contribution in [0.4, 0.5) is 5.82 Å². The highest BCUT2D eigenvalue weighted by Gasteiger charge is 2.20. The van der Waals surface area contributed by atoms with Crippen LogP contribution in [0.15, 0.2) is 30.3 Å². The largest absolute Gasteiger partial charge is 0.360 e. The van der Waals surface area contributed by atoms with Gasteiger partial charge in [-0.3, -0.25) is 5.10 Å². The van der Waals surface area contributed by atoms with Crippen molar-refractivity contribution in [3.63, 3.8) is 0 Å². The van der Waals surface area contributed by atoms with E-state index >= 15 is 0 Å². The van der Waals surface area contributed by atoms with Crippen molar-refractivity contribution < 1.29 is 0 Å². The average Bonchev–Trinajstić information content (AvgIpc) is 2.96. The third-order valence-corrected chi connectivity index (χ3v) is 4.57. The number of rotatable bonds is 4. The summed E-state index contributed by atoms with van der Waals surface area (Å²) < 4.78 is 0. The quantitative estimate of drug-likeness (QED) is 0.670. The number of anilines is 1. The summed E-state index contributed by atoms with van der Waals surface area (Å²) in [5.74, 6) is 3.19. The van der Waals surface area contributed by atoms with Crippen molar-refractivity contribution in [2.45, 2.75) is 32.7 Å². The predicted octanol–water partition coefficient (Wildman–Crippen LogP) is 2.43. The van der Waals surface area contributed by atoms with E-state index in [1.165, 1.54) is 5.56 Å². The number of hydrogen-bond acceptors (Lipinski definition) is 6. The summed E-state index contributed by atoms with van der Waals surface area (Å²) >= 11 is 0. The van der Waals surface area contributed by atoms with Crippen molar-refractivity contribution >= 4 is 5.82 Å². The van der Waals surface area contributed by atoms with Gasteiger partial charge in [0.2, 0.25) is 0 Å². The number of nitrogens with zero attached hydrogens (tertiary/aromatic N) is 4. The number of fused-ring (bicyclic) bond motifs is 1. The zero-order valence-electron chi connectivity index (χ0n) is 15.1. The van der Waals surface area contributed by atoms with Crippen molar-refractivity contribution in [3.8, 4) is 11.4 Å². The summed E-state index contributed by atoms with van der Waals surface area (Å²) in [6.45, 7) is 5.82. The first-order valence-corrected chi connectivity index (χ1v) is 9.02. The number of H-pyrrole nitrogens is 1. The van der Waals surface area contributed by atoms with Crippen LogP contribution >= 0.6 is 0 Å². The van der Waals surface area contributed by atoms with E-state index in [0.29, 0.717) is 0 Å². The van der Waals surface area contributed by atoms with Crippen molar-refractivity contribution in [1.82, 2.24) is 30.5 Å². The maximum Gasteiger partial charge on any atom is 0.172 e. The highest BCUT2D eigenvalue weighted by molar-refractivity contribution is 5.60. The Bertz CT molecular complexity index is 888. The Balaban J connectivity index is 1.73. The van der Waals surface area contributed by atoms with Gasteiger partial charge in [0.25, 0.3) is 0 Å². The molecule has 0 amide bonds. The van der Waals surface area contributed by atoms with Gasteiger partial charge in [0, 0.05) is 24.1 Å². The molecule has 3 heterocycles. The number of benzene rings is 1. The van der Waals surface area contributed by atoms with Crippen LogP contribution in [-0.2, 0) is 12.8 Å². The Hall–Kier alpha value is -2.80. The highest BCUT2D eigenvalue weighted by Crippen LogP contribution is 2.26. The van der Waals surface area contributed by atoms with Gasteiger partial charge < -0.3 is 10.6 Å². The van der Waals surface area contributed by atoms with Crippen LogP contribution < -0.4 is 10.6 Å². The normalized spacial score (nSPS) is 15.2. The molecule has 0 saturated heterocycles. The molecule has 7 heteroatoms. The van der Waals surface area contributed by atoms with Gasteiger partial charge in [-0.2, -0.15) is 5.10 Å². The second-order valence-electron chi connectivity index (χ2n) is 6.58. The molecular formula is C19H23N7. The van der Waals surface area contributed by atoms with Gasteiger partial charge >= 0.3 is 0 Å². The van der Waals surface area contributed by atoms with Crippen LogP contribution in [0.3, 0.4) is 0 Å². The Morgan fingerprint density at radius 2 is 1.85 bits per heavy atom. The van der Waals surface area contributed by atoms with E-state index in [4.69, 9.17) is 9.97 Å². The first-order valence-electron chi connectivity index (χ1n) is 9.02. The van der Waals surface area contributed by atoms with E-state index in [1.807, 2.05) is 44.2 Å². The lowest BCUT2D eigenvalue weighted by atomic mass is 10.1. The minimum absolute atomic E-state index is 0.0428. The van der Waals surface area contributed by atoms with Crippen LogP contribution in [0.2, 0.25) is 0 Å². The molecule has 0 fully saturated rings. The standard InChI is InChI=1S/C19H23N7/c1-12(17-22-13(2)25-26-17)21-19-15-8-10-20-11-9-16(15)23-18(24-19)14-6-4-3-5-7-14/h3-7,12,20H,8-11H2,1-2H3,(H,21,23,24)(H,22,25,26)/t12-/m0/s1. The second kappa shape index (κ2) is 7.21. The van der Waals surface area contributed by atoms with E-state index in [2.05, 4.69) is 25.8 Å². The van der Waals surface area contributed by atoms with E-state index in [1.54, 1.807) is 0 Å². The molecule has 134 valence electrons. The predicted molar refractivity (Wildman–Crippen MR) is 101 cm³/mol. The summed E-state index contributed by atoms with van der Waals surface area (Å²) in [6.07, 6.45) is 1.81. The first kappa shape index (κ1) is 16.7. The summed E-state index contributed by atoms with van der Waals surface area (Å²) in [7, 11) is 0. The number of nitrogens with one attached hydrogen (secondary N) is 3. The minimum atomic E-state index is -0.0428. The Labute approximate surface area is 152 Å². The fraction of sp³-hybridized carbons (Fsp3) is 0.368. The zero-order chi connectivity index (χ0) is 17.9. The molecule has 0 aliphatic carbocycles. The van der Waals surface area contributed by atoms with Crippen LogP contribution in [0.25, 0.3) is 11.4 Å². The zero-order valence-corrected chi connectivity index (χ0v) is 15.1. The minimum Gasteiger partial charge on any atom is -0.360 e. The van der Waals surface area contributed by atoms with Gasteiger partial charge in [-0.25, -0.2) is 15.0 Å². The van der Waals surface area contributed by atoms with Gasteiger partial charge in [-0.1, -0.05) is 30.3 Å². The van der Waals surface area contributed by atoms with Crippen LogP contribution in [-0.4, -0.2) is 38.2 Å². The van der Waals surface area contributed by atoms with Crippen molar-refractivity contribution in [3.05, 3.63) is 53.2 Å². The fourth-order valence-electron chi connectivity index (χ4n) is 3.20. The van der Waals surface area contributed by atoms with Gasteiger partial charge in [0.05, 0.1) is 11.7 Å². The molecule has 7 nitrogen and oxygen atoms in total. The SMILES string of the molecule is Cc1nc([C@H](C)Nc2nc(-c3ccccc3)nc3c2CCNCC3)n[nH]1. The molecule has 3 aromatic rings. The Kier molecular flexibility index (Phi) is 4.62. The second-order valence-corrected chi connectivity index (χ2v) is 6.58. The summed E-state index contributed by atoms with van der Waals surface area (Å²) in [4.78, 5) is 14.1. The van der Waals surface area contributed by atoms with Gasteiger partial charge in [0.15, 0.2) is 11.6 Å². The first-order chi connectivity index (χ1) is 12.7. The lowest BCUT2D eigenvalue weighted by molar-refractivity contribution is 0.708. The lowest BCUT2D eigenvalue weighted by Crippen LogP contribution is -2.16.